The first-order valence-corrected chi connectivity index (χ1v) is 9.67. The molecule has 2 aromatic carbocycles. The van der Waals surface area contributed by atoms with Gasteiger partial charge in [-0.2, -0.15) is 0 Å². The smallest absolute Gasteiger partial charge is 0.257 e. The molecule has 148 valence electrons. The number of hydrogen-bond acceptors (Lipinski definition) is 4. The zero-order valence-corrected chi connectivity index (χ0v) is 16.9. The first-order chi connectivity index (χ1) is 13.5. The molecule has 0 unspecified atom stereocenters. The second-order valence-corrected chi connectivity index (χ2v) is 6.56. The van der Waals surface area contributed by atoms with Crippen LogP contribution in [0.1, 0.15) is 43.5 Å². The number of benzene rings is 2. The quantitative estimate of drug-likeness (QED) is 0.576. The van der Waals surface area contributed by atoms with Crippen LogP contribution < -0.4 is 20.7 Å². The third-order valence-corrected chi connectivity index (χ3v) is 3.92. The maximum Gasteiger partial charge on any atom is 0.257 e. The third kappa shape index (κ3) is 7.00. The fourth-order valence-corrected chi connectivity index (χ4v) is 2.56. The van der Waals surface area contributed by atoms with Crippen LogP contribution in [-0.4, -0.2) is 23.5 Å². The average molecular weight is 400 g/mol. The van der Waals surface area contributed by atoms with Crippen LogP contribution in [0.25, 0.3) is 0 Å². The zero-order valence-electron chi connectivity index (χ0n) is 16.1. The van der Waals surface area contributed by atoms with Crippen molar-refractivity contribution in [3.8, 4) is 5.75 Å². The fraction of sp³-hybridized carbons (Fsp3) is 0.286. The first kappa shape index (κ1) is 21.4. The van der Waals surface area contributed by atoms with Gasteiger partial charge in [0.1, 0.15) is 5.75 Å². The number of carbonyl (C=O) groups excluding carboxylic acids is 2. The van der Waals surface area contributed by atoms with E-state index in [0.29, 0.717) is 30.0 Å². The van der Waals surface area contributed by atoms with Crippen LogP contribution in [0.2, 0.25) is 0 Å². The number of hydrogen-bond donors (Lipinski definition) is 3. The molecule has 0 bridgehead atoms. The van der Waals surface area contributed by atoms with E-state index in [4.69, 9.17) is 17.0 Å². The Morgan fingerprint density at radius 1 is 0.893 bits per heavy atom. The standard InChI is InChI=1S/C21H25N3O3S/c1-3-5-19(25)22-16-8-10-17(11-9-16)23-21(28)24-20(26)15-6-12-18(13-7-15)27-14-4-2/h6-13H,3-5,14H2,1-2H3,(H,22,25)(H2,23,24,26,28). The maximum atomic E-state index is 12.3. The van der Waals surface area contributed by atoms with Gasteiger partial charge in [0.15, 0.2) is 5.11 Å². The highest BCUT2D eigenvalue weighted by atomic mass is 32.1. The number of thiocarbonyl (C=S) groups is 1. The van der Waals surface area contributed by atoms with Crippen molar-refractivity contribution in [1.29, 1.82) is 0 Å². The monoisotopic (exact) mass is 399 g/mol. The van der Waals surface area contributed by atoms with Gasteiger partial charge in [0, 0.05) is 23.4 Å². The van der Waals surface area contributed by atoms with Crippen LogP contribution in [0.3, 0.4) is 0 Å². The first-order valence-electron chi connectivity index (χ1n) is 9.27. The van der Waals surface area contributed by atoms with Gasteiger partial charge in [-0.3, -0.25) is 14.9 Å². The van der Waals surface area contributed by atoms with Gasteiger partial charge >= 0.3 is 0 Å². The molecule has 0 saturated heterocycles. The number of anilines is 2. The van der Waals surface area contributed by atoms with E-state index in [1.165, 1.54) is 0 Å². The molecule has 0 aromatic heterocycles. The number of ether oxygens (including phenoxy) is 1. The van der Waals surface area contributed by atoms with Crippen molar-refractivity contribution in [1.82, 2.24) is 5.32 Å². The summed E-state index contributed by atoms with van der Waals surface area (Å²) in [6, 6.07) is 14.0. The van der Waals surface area contributed by atoms with Crippen LogP contribution in [-0.2, 0) is 4.79 Å². The summed E-state index contributed by atoms with van der Waals surface area (Å²) in [4.78, 5) is 23.9. The van der Waals surface area contributed by atoms with Crippen LogP contribution in [0, 0.1) is 0 Å². The summed E-state index contributed by atoms with van der Waals surface area (Å²) >= 11 is 5.20. The predicted octanol–water partition coefficient (Wildman–Crippen LogP) is 4.34. The summed E-state index contributed by atoms with van der Waals surface area (Å²) in [7, 11) is 0. The van der Waals surface area contributed by atoms with Gasteiger partial charge in [0.2, 0.25) is 5.91 Å². The Balaban J connectivity index is 1.85. The molecule has 2 rings (SSSR count). The highest BCUT2D eigenvalue weighted by molar-refractivity contribution is 7.80. The van der Waals surface area contributed by atoms with Crippen LogP contribution in [0.5, 0.6) is 5.75 Å². The molecule has 0 saturated carbocycles. The Morgan fingerprint density at radius 2 is 1.50 bits per heavy atom. The lowest BCUT2D eigenvalue weighted by Crippen LogP contribution is -2.34. The fourth-order valence-electron chi connectivity index (χ4n) is 2.35. The summed E-state index contributed by atoms with van der Waals surface area (Å²) in [5.41, 5.74) is 1.91. The molecule has 0 spiro atoms. The maximum absolute atomic E-state index is 12.3. The minimum Gasteiger partial charge on any atom is -0.494 e. The second kappa shape index (κ2) is 11.0. The van der Waals surface area contributed by atoms with Crippen LogP contribution >= 0.6 is 12.2 Å². The summed E-state index contributed by atoms with van der Waals surface area (Å²) < 4.78 is 5.50. The summed E-state index contributed by atoms with van der Waals surface area (Å²) in [5, 5.41) is 8.60. The average Bonchev–Trinajstić information content (AvgIpc) is 2.68. The Morgan fingerprint density at radius 3 is 2.07 bits per heavy atom. The molecule has 0 atom stereocenters. The van der Waals surface area contributed by atoms with Gasteiger partial charge < -0.3 is 15.4 Å². The van der Waals surface area contributed by atoms with Gasteiger partial charge in [-0.25, -0.2) is 0 Å². The topological polar surface area (TPSA) is 79.5 Å². The number of nitrogens with one attached hydrogen (secondary N) is 3. The molecular formula is C21H25N3O3S. The van der Waals surface area contributed by atoms with Crippen molar-refractivity contribution >= 4 is 40.5 Å². The highest BCUT2D eigenvalue weighted by Crippen LogP contribution is 2.15. The Kier molecular flexibility index (Phi) is 8.42. The van der Waals surface area contributed by atoms with E-state index in [1.54, 1.807) is 48.5 Å². The molecule has 2 aromatic rings. The van der Waals surface area contributed by atoms with E-state index in [1.807, 2.05) is 13.8 Å². The molecule has 3 N–H and O–H groups in total. The van der Waals surface area contributed by atoms with Gasteiger partial charge in [-0.05, 0) is 73.6 Å². The van der Waals surface area contributed by atoms with Gasteiger partial charge in [-0.15, -0.1) is 0 Å². The predicted molar refractivity (Wildman–Crippen MR) is 116 cm³/mol. The van der Waals surface area contributed by atoms with Crippen LogP contribution in [0.15, 0.2) is 48.5 Å². The normalized spacial score (nSPS) is 10.1. The lowest BCUT2D eigenvalue weighted by Gasteiger charge is -2.11. The summed E-state index contributed by atoms with van der Waals surface area (Å²) in [5.74, 6) is 0.408. The highest BCUT2D eigenvalue weighted by Gasteiger charge is 2.08. The van der Waals surface area contributed by atoms with E-state index in [0.717, 1.165) is 18.6 Å². The van der Waals surface area contributed by atoms with Crippen molar-refractivity contribution in [2.75, 3.05) is 17.2 Å². The minimum absolute atomic E-state index is 0.0166. The van der Waals surface area contributed by atoms with Crippen LogP contribution in [0.4, 0.5) is 11.4 Å². The molecule has 0 aliphatic rings. The lowest BCUT2D eigenvalue weighted by atomic mass is 10.2. The molecule has 0 aliphatic heterocycles. The Bertz CT molecular complexity index is 805. The lowest BCUT2D eigenvalue weighted by molar-refractivity contribution is -0.116. The molecule has 0 aliphatic carbocycles. The second-order valence-electron chi connectivity index (χ2n) is 6.16. The summed E-state index contributed by atoms with van der Waals surface area (Å²) in [6.07, 6.45) is 2.21. The molecule has 0 fully saturated rings. The number of amides is 2. The van der Waals surface area contributed by atoms with E-state index < -0.39 is 0 Å². The third-order valence-electron chi connectivity index (χ3n) is 3.72. The van der Waals surface area contributed by atoms with E-state index in [9.17, 15) is 9.59 Å². The molecule has 0 heterocycles. The number of carbonyl (C=O) groups is 2. The molecule has 7 heteroatoms. The zero-order chi connectivity index (χ0) is 20.4. The van der Waals surface area contributed by atoms with Gasteiger partial charge in [0.05, 0.1) is 6.61 Å². The van der Waals surface area contributed by atoms with Crippen molar-refractivity contribution in [3.05, 3.63) is 54.1 Å². The SMILES string of the molecule is CCCOc1ccc(C(=O)NC(=S)Nc2ccc(NC(=O)CCC)cc2)cc1. The van der Waals surface area contributed by atoms with E-state index in [-0.39, 0.29) is 16.9 Å². The van der Waals surface area contributed by atoms with Crippen molar-refractivity contribution in [3.63, 3.8) is 0 Å². The van der Waals surface area contributed by atoms with E-state index in [2.05, 4.69) is 16.0 Å². The molecule has 6 nitrogen and oxygen atoms in total. The van der Waals surface area contributed by atoms with Crippen molar-refractivity contribution in [2.24, 2.45) is 0 Å². The van der Waals surface area contributed by atoms with Gasteiger partial charge in [-0.1, -0.05) is 13.8 Å². The molecule has 2 amide bonds. The molecular weight excluding hydrogens is 374 g/mol. The Labute approximate surface area is 170 Å². The summed E-state index contributed by atoms with van der Waals surface area (Å²) in [6.45, 7) is 4.63. The minimum atomic E-state index is -0.303. The van der Waals surface area contributed by atoms with E-state index >= 15 is 0 Å². The Hall–Kier alpha value is -2.93. The van der Waals surface area contributed by atoms with Gasteiger partial charge in [0.25, 0.3) is 5.91 Å². The largest absolute Gasteiger partial charge is 0.494 e. The van der Waals surface area contributed by atoms with Crippen molar-refractivity contribution in [2.45, 2.75) is 33.1 Å². The van der Waals surface area contributed by atoms with Crippen molar-refractivity contribution < 1.29 is 14.3 Å². The molecule has 0 radical (unpaired) electrons. The molecule has 28 heavy (non-hydrogen) atoms. The number of rotatable bonds is 8.